The monoisotopic (exact) mass is 1060 g/mol. The number of carbonyl (C=O) groups excluding carboxylic acids is 4. The number of sulfonamides is 1. The molecule has 14 nitrogen and oxygen atoms in total. The van der Waals surface area contributed by atoms with Gasteiger partial charge >= 0.3 is 0 Å². The van der Waals surface area contributed by atoms with Gasteiger partial charge in [0.05, 0.1) is 35.5 Å². The fourth-order valence-corrected chi connectivity index (χ4v) is 11.7. The van der Waals surface area contributed by atoms with Gasteiger partial charge in [0.25, 0.3) is 0 Å². The fraction of sp³-hybridized carbons (Fsp3) is 0.500. The van der Waals surface area contributed by atoms with Crippen LogP contribution in [0.1, 0.15) is 112 Å². The van der Waals surface area contributed by atoms with Crippen LogP contribution in [0.4, 0.5) is 0 Å². The second-order valence-corrected chi connectivity index (χ2v) is 24.3. The molecule has 0 aliphatic carbocycles. The van der Waals surface area contributed by atoms with Crippen LogP contribution in [0.2, 0.25) is 0 Å². The predicted molar refractivity (Wildman–Crippen MR) is 288 cm³/mol. The number of hydrogen-bond acceptors (Lipinski definition) is 11. The van der Waals surface area contributed by atoms with Gasteiger partial charge < -0.3 is 35.3 Å². The summed E-state index contributed by atoms with van der Waals surface area (Å²) in [6.07, 6.45) is 3.68. The van der Waals surface area contributed by atoms with Crippen molar-refractivity contribution in [3.8, 4) is 0 Å². The Morgan fingerprint density at radius 3 is 1.41 bits per heavy atom. The number of carbonyl (C=O) groups is 4. The van der Waals surface area contributed by atoms with E-state index >= 15 is 0 Å². The van der Waals surface area contributed by atoms with E-state index in [2.05, 4.69) is 4.72 Å². The van der Waals surface area contributed by atoms with E-state index in [9.17, 15) is 46.2 Å². The minimum absolute atomic E-state index is 0.0122. The number of halogens is 1. The average Bonchev–Trinajstić information content (AvgIpc) is 3.34. The van der Waals surface area contributed by atoms with Crippen LogP contribution in [0.25, 0.3) is 0 Å². The molecule has 0 bridgehead atoms. The van der Waals surface area contributed by atoms with Gasteiger partial charge in [0.2, 0.25) is 30.9 Å². The van der Waals surface area contributed by atoms with Crippen molar-refractivity contribution in [1.29, 1.82) is 0 Å². The van der Waals surface area contributed by atoms with Gasteiger partial charge in [0, 0.05) is 62.8 Å². The Morgan fingerprint density at radius 1 is 0.630 bits per heavy atom. The Kier molecular flexibility index (Phi) is 25.4. The molecular weight excluding hydrogens is 988 g/mol. The molecule has 2 heterocycles. The first-order chi connectivity index (χ1) is 34.7. The highest BCUT2D eigenvalue weighted by atomic mass is 35.7. The zero-order valence-corrected chi connectivity index (χ0v) is 45.3. The average molecular weight is 1070 g/mol. The van der Waals surface area contributed by atoms with E-state index in [1.807, 2.05) is 121 Å². The van der Waals surface area contributed by atoms with Gasteiger partial charge in [-0.05, 0) is 110 Å². The maximum Gasteiger partial charge on any atom is 0.232 e. The molecule has 2 aliphatic heterocycles. The number of benzene rings is 4. The summed E-state index contributed by atoms with van der Waals surface area (Å²) in [6, 6.07) is 35.1. The third-order valence-corrected chi connectivity index (χ3v) is 16.0. The molecule has 2 fully saturated rings. The largest absolute Gasteiger partial charge is 0.392 e. The molecule has 17 heteroatoms. The summed E-state index contributed by atoms with van der Waals surface area (Å²) in [4.78, 5) is 54.1. The predicted octanol–water partition coefficient (Wildman–Crippen LogP) is 7.50. The number of amides is 2. The smallest absolute Gasteiger partial charge is 0.232 e. The fourth-order valence-electron chi connectivity index (χ4n) is 9.65. The second kappa shape index (κ2) is 30.5. The molecule has 2 amide bonds. The summed E-state index contributed by atoms with van der Waals surface area (Å²) < 4.78 is 46.6. The Balaban J connectivity index is 0.000000283. The van der Waals surface area contributed by atoms with Gasteiger partial charge in [-0.1, -0.05) is 123 Å². The molecule has 5 N–H and O–H groups in total. The van der Waals surface area contributed by atoms with Crippen LogP contribution in [-0.2, 0) is 77.3 Å². The summed E-state index contributed by atoms with van der Waals surface area (Å²) in [7, 11) is -1.72. The highest BCUT2D eigenvalue weighted by Gasteiger charge is 2.39. The number of nitrogens with zero attached hydrogens (tertiary/aromatic N) is 2. The third-order valence-electron chi connectivity index (χ3n) is 13.1. The standard InChI is InChI=1S/C28H38N2O5S.C25H32N2O3.C3H7ClO2S/c1-3-15-36(34,35)29-19-24-12-7-11-23(17-24)18-25(16-21(2)31)27(32)26-13-8-14-30(28(26)33)20-22-9-5-4-6-10-22;1-18(28)13-22(15-20-9-5-10-21(14-20)16-26)24(29)23-11-6-12-27(25(23)30)17-19-7-3-2-4-8-19;1-2-3-7(4,5)6/h4-7,9-12,17,25-27,29,32H,3,8,13-16,18-20H2,1-2H3;2-5,7-10,14,22-24,29H,6,11-13,15-17,26H2,1H3;2-3H2,1H3/t25-,26-,27-;22-,23-,24-;/m00./s1. The SMILES string of the molecule is CC(=O)C[C@@H](Cc1cccc(CN)c1)[C@H](O)[C@@H]1CCCN(Cc2ccccc2)C1=O.CCCS(=O)(=O)Cl.CCCS(=O)(=O)NCc1cccc(C[C@H](CC(C)=O)[C@H](O)[C@@H]2CCCN(Cc3ccccc3)C2=O)c1. The summed E-state index contributed by atoms with van der Waals surface area (Å²) in [5.41, 5.74) is 11.6. The first kappa shape index (κ1) is 60.7. The number of Topliss-reactive ketones (excluding diaryl/α,β-unsaturated/α-hetero) is 2. The molecule has 4 aromatic carbocycles. The van der Waals surface area contributed by atoms with Crippen molar-refractivity contribution in [2.45, 2.75) is 130 Å². The number of rotatable bonds is 24. The van der Waals surface area contributed by atoms with Crippen molar-refractivity contribution < 1.29 is 46.2 Å². The summed E-state index contributed by atoms with van der Waals surface area (Å²) in [6.45, 7) is 9.68. The lowest BCUT2D eigenvalue weighted by Gasteiger charge is -2.37. The zero-order chi connectivity index (χ0) is 53.6. The van der Waals surface area contributed by atoms with Gasteiger partial charge in [-0.15, -0.1) is 0 Å². The molecular formula is C56H77ClN4O10S2. The summed E-state index contributed by atoms with van der Waals surface area (Å²) in [5.74, 6) is -1.63. The Labute approximate surface area is 438 Å². The molecule has 0 unspecified atom stereocenters. The van der Waals surface area contributed by atoms with E-state index in [0.717, 1.165) is 46.2 Å². The van der Waals surface area contributed by atoms with Crippen LogP contribution in [-0.4, -0.2) is 97.0 Å². The molecule has 0 spiro atoms. The van der Waals surface area contributed by atoms with Crippen LogP contribution in [0.5, 0.6) is 0 Å². The Morgan fingerprint density at radius 2 is 1.03 bits per heavy atom. The van der Waals surface area contributed by atoms with Crippen LogP contribution in [0, 0.1) is 23.7 Å². The van der Waals surface area contributed by atoms with Gasteiger partial charge in [-0.3, -0.25) is 9.59 Å². The molecule has 6 atom stereocenters. The molecule has 4 aromatic rings. The molecule has 2 saturated heterocycles. The van der Waals surface area contributed by atoms with Crippen LogP contribution >= 0.6 is 10.7 Å². The van der Waals surface area contributed by atoms with E-state index in [-0.39, 0.29) is 60.2 Å². The molecule has 0 saturated carbocycles. The van der Waals surface area contributed by atoms with E-state index in [1.165, 1.54) is 6.92 Å². The zero-order valence-electron chi connectivity index (χ0n) is 42.9. The van der Waals surface area contributed by atoms with Gasteiger partial charge in [-0.2, -0.15) is 0 Å². The number of hydrogen-bond donors (Lipinski definition) is 4. The molecule has 73 heavy (non-hydrogen) atoms. The molecule has 6 rings (SSSR count). The van der Waals surface area contributed by atoms with Gasteiger partial charge in [-0.25, -0.2) is 21.6 Å². The first-order valence-electron chi connectivity index (χ1n) is 25.5. The number of aliphatic hydroxyl groups is 2. The highest BCUT2D eigenvalue weighted by molar-refractivity contribution is 8.13. The van der Waals surface area contributed by atoms with Gasteiger partial charge in [0.15, 0.2) is 0 Å². The molecule has 400 valence electrons. The van der Waals surface area contributed by atoms with E-state index < -0.39 is 49.0 Å². The lowest BCUT2D eigenvalue weighted by molar-refractivity contribution is -0.146. The van der Waals surface area contributed by atoms with Crippen molar-refractivity contribution in [2.75, 3.05) is 24.6 Å². The number of piperidine rings is 2. The van der Waals surface area contributed by atoms with Crippen molar-refractivity contribution in [1.82, 2.24) is 14.5 Å². The highest BCUT2D eigenvalue weighted by Crippen LogP contribution is 2.32. The normalized spacial score (nSPS) is 17.8. The number of ketones is 2. The van der Waals surface area contributed by atoms with E-state index in [0.29, 0.717) is 71.2 Å². The van der Waals surface area contributed by atoms with Crippen molar-refractivity contribution in [3.05, 3.63) is 143 Å². The summed E-state index contributed by atoms with van der Waals surface area (Å²) in [5, 5.41) is 22.5. The maximum absolute atomic E-state index is 13.3. The van der Waals surface area contributed by atoms with Crippen molar-refractivity contribution in [2.24, 2.45) is 29.4 Å². The topological polar surface area (TPSA) is 222 Å². The second-order valence-electron chi connectivity index (χ2n) is 19.4. The lowest BCUT2D eigenvalue weighted by Crippen LogP contribution is -2.47. The quantitative estimate of drug-likeness (QED) is 0.0503. The van der Waals surface area contributed by atoms with Gasteiger partial charge in [0.1, 0.15) is 11.6 Å². The third kappa shape index (κ3) is 21.5. The number of aliphatic hydroxyl groups excluding tert-OH is 2. The maximum atomic E-state index is 13.3. The molecule has 0 radical (unpaired) electrons. The molecule has 0 aromatic heterocycles. The lowest BCUT2D eigenvalue weighted by atomic mass is 9.79. The number of nitrogens with two attached hydrogens (primary N) is 1. The molecule has 2 aliphatic rings. The summed E-state index contributed by atoms with van der Waals surface area (Å²) >= 11 is 0. The Hall–Kier alpha value is -4.81. The van der Waals surface area contributed by atoms with Crippen LogP contribution < -0.4 is 10.5 Å². The van der Waals surface area contributed by atoms with Crippen LogP contribution in [0.3, 0.4) is 0 Å². The van der Waals surface area contributed by atoms with Crippen molar-refractivity contribution in [3.63, 3.8) is 0 Å². The minimum atomic E-state index is -3.32. The first-order valence-corrected chi connectivity index (χ1v) is 29.6. The van der Waals surface area contributed by atoms with E-state index in [4.69, 9.17) is 16.4 Å². The van der Waals surface area contributed by atoms with E-state index in [1.54, 1.807) is 18.7 Å². The Bertz CT molecular complexity index is 2590. The van der Waals surface area contributed by atoms with Crippen LogP contribution in [0.15, 0.2) is 109 Å². The minimum Gasteiger partial charge on any atom is -0.392 e. The number of nitrogens with one attached hydrogen (secondary N) is 1. The number of likely N-dealkylation sites (tertiary alicyclic amines) is 2. The van der Waals surface area contributed by atoms with Crippen molar-refractivity contribution >= 4 is 53.1 Å².